The normalized spacial score (nSPS) is 16.1. The Balaban J connectivity index is 1.75. The number of anilines is 1. The average Bonchev–Trinajstić information content (AvgIpc) is 2.99. The van der Waals surface area contributed by atoms with Crippen molar-refractivity contribution in [1.82, 2.24) is 9.88 Å². The summed E-state index contributed by atoms with van der Waals surface area (Å²) in [7, 11) is -1.95. The second-order valence-electron chi connectivity index (χ2n) is 5.85. The standard InChI is InChI=1S/C17H17ClN4O3S/c1-22-10-2-3-16(22)21-26(24,25)14-6-4-13(5-7-14)20-17(23)12-8-9-19-15(18)11-12/h4-9,11H,2-3,10H2,1H3,(H,20,23)/b21-16-. The Morgan fingerprint density at radius 1 is 1.27 bits per heavy atom. The van der Waals surface area contributed by atoms with E-state index < -0.39 is 10.0 Å². The molecule has 1 aliphatic heterocycles. The lowest BCUT2D eigenvalue weighted by Gasteiger charge is -2.11. The molecule has 0 radical (unpaired) electrons. The zero-order valence-corrected chi connectivity index (χ0v) is 15.6. The molecule has 0 unspecified atom stereocenters. The molecule has 0 bridgehead atoms. The first kappa shape index (κ1) is 18.3. The molecule has 1 amide bonds. The highest BCUT2D eigenvalue weighted by Gasteiger charge is 2.20. The zero-order valence-electron chi connectivity index (χ0n) is 14.0. The van der Waals surface area contributed by atoms with Crippen LogP contribution in [-0.2, 0) is 10.0 Å². The number of rotatable bonds is 4. The molecule has 0 saturated carbocycles. The van der Waals surface area contributed by atoms with Crippen molar-refractivity contribution in [2.45, 2.75) is 17.7 Å². The lowest BCUT2D eigenvalue weighted by Crippen LogP contribution is -2.20. The van der Waals surface area contributed by atoms with Gasteiger partial charge in [0.25, 0.3) is 15.9 Å². The van der Waals surface area contributed by atoms with Gasteiger partial charge in [-0.3, -0.25) is 4.79 Å². The van der Waals surface area contributed by atoms with Gasteiger partial charge < -0.3 is 10.2 Å². The molecule has 2 aromatic rings. The number of carbonyl (C=O) groups is 1. The first-order chi connectivity index (χ1) is 12.3. The molecule has 0 spiro atoms. The Kier molecular flexibility index (Phi) is 5.24. The number of benzene rings is 1. The lowest BCUT2D eigenvalue weighted by molar-refractivity contribution is 0.102. The van der Waals surface area contributed by atoms with Crippen LogP contribution in [0.4, 0.5) is 5.69 Å². The van der Waals surface area contributed by atoms with E-state index in [1.54, 1.807) is 0 Å². The summed E-state index contributed by atoms with van der Waals surface area (Å²) in [4.78, 5) is 17.9. The van der Waals surface area contributed by atoms with Gasteiger partial charge in [-0.2, -0.15) is 8.42 Å². The molecule has 1 N–H and O–H groups in total. The Morgan fingerprint density at radius 3 is 2.62 bits per heavy atom. The van der Waals surface area contributed by atoms with Crippen LogP contribution in [0, 0.1) is 0 Å². The number of sulfonamides is 1. The summed E-state index contributed by atoms with van der Waals surface area (Å²) in [6, 6.07) is 8.86. The van der Waals surface area contributed by atoms with Crippen molar-refractivity contribution in [2.24, 2.45) is 4.40 Å². The Morgan fingerprint density at radius 2 is 2.00 bits per heavy atom. The van der Waals surface area contributed by atoms with Gasteiger partial charge in [-0.15, -0.1) is 4.40 Å². The molecule has 0 aliphatic carbocycles. The summed E-state index contributed by atoms with van der Waals surface area (Å²) in [6.07, 6.45) is 2.99. The zero-order chi connectivity index (χ0) is 18.7. The number of amidine groups is 1. The van der Waals surface area contributed by atoms with Gasteiger partial charge in [0.05, 0.1) is 4.90 Å². The van der Waals surface area contributed by atoms with E-state index in [1.165, 1.54) is 42.6 Å². The minimum atomic E-state index is -3.77. The molecule has 1 aromatic heterocycles. The maximum atomic E-state index is 12.4. The number of hydrogen-bond donors (Lipinski definition) is 1. The summed E-state index contributed by atoms with van der Waals surface area (Å²) in [6.45, 7) is 0.804. The summed E-state index contributed by atoms with van der Waals surface area (Å²) < 4.78 is 28.7. The number of likely N-dealkylation sites (tertiary alicyclic amines) is 1. The summed E-state index contributed by atoms with van der Waals surface area (Å²) in [5.41, 5.74) is 0.824. The number of nitrogens with one attached hydrogen (secondary N) is 1. The molecule has 0 atom stereocenters. The third-order valence-corrected chi connectivity index (χ3v) is 5.48. The average molecular weight is 393 g/mol. The molecular formula is C17H17ClN4O3S. The number of pyridine rings is 1. The van der Waals surface area contributed by atoms with Gasteiger partial charge in [-0.1, -0.05) is 11.6 Å². The maximum absolute atomic E-state index is 12.4. The van der Waals surface area contributed by atoms with Crippen LogP contribution in [0.15, 0.2) is 51.9 Å². The van der Waals surface area contributed by atoms with Gasteiger partial charge in [0.15, 0.2) is 0 Å². The molecule has 1 fully saturated rings. The van der Waals surface area contributed by atoms with Gasteiger partial charge in [-0.05, 0) is 42.8 Å². The van der Waals surface area contributed by atoms with Crippen molar-refractivity contribution in [1.29, 1.82) is 0 Å². The van der Waals surface area contributed by atoms with Crippen LogP contribution in [0.2, 0.25) is 5.15 Å². The molecule has 1 aliphatic rings. The fourth-order valence-corrected chi connectivity index (χ4v) is 3.83. The number of nitrogens with zero attached hydrogens (tertiary/aromatic N) is 3. The third kappa shape index (κ3) is 4.20. The highest BCUT2D eigenvalue weighted by molar-refractivity contribution is 7.90. The SMILES string of the molecule is CN1CCC/C1=N/S(=O)(=O)c1ccc(NC(=O)c2ccnc(Cl)c2)cc1. The number of aromatic nitrogens is 1. The number of hydrogen-bond acceptors (Lipinski definition) is 4. The number of amides is 1. The van der Waals surface area contributed by atoms with E-state index in [9.17, 15) is 13.2 Å². The van der Waals surface area contributed by atoms with E-state index in [0.29, 0.717) is 23.5 Å². The van der Waals surface area contributed by atoms with Crippen molar-refractivity contribution >= 4 is 39.1 Å². The quantitative estimate of drug-likeness (QED) is 0.808. The van der Waals surface area contributed by atoms with Crippen LogP contribution in [0.3, 0.4) is 0 Å². The highest BCUT2D eigenvalue weighted by atomic mass is 35.5. The molecule has 1 aromatic carbocycles. The van der Waals surface area contributed by atoms with Crippen LogP contribution in [-0.4, -0.2) is 43.6 Å². The molecule has 7 nitrogen and oxygen atoms in total. The van der Waals surface area contributed by atoms with Crippen molar-refractivity contribution in [3.8, 4) is 0 Å². The van der Waals surface area contributed by atoms with Crippen LogP contribution in [0.5, 0.6) is 0 Å². The van der Waals surface area contributed by atoms with Gasteiger partial charge in [0.1, 0.15) is 11.0 Å². The Hall–Kier alpha value is -2.45. The molecule has 9 heteroatoms. The number of halogens is 1. The molecular weight excluding hydrogens is 376 g/mol. The topological polar surface area (TPSA) is 91.7 Å². The monoisotopic (exact) mass is 392 g/mol. The highest BCUT2D eigenvalue weighted by Crippen LogP contribution is 2.19. The van der Waals surface area contributed by atoms with Crippen molar-refractivity contribution in [2.75, 3.05) is 18.9 Å². The van der Waals surface area contributed by atoms with Crippen molar-refractivity contribution in [3.05, 3.63) is 53.3 Å². The lowest BCUT2D eigenvalue weighted by atomic mass is 10.2. The van der Waals surface area contributed by atoms with Gasteiger partial charge in [0.2, 0.25) is 0 Å². The molecule has 2 heterocycles. The van der Waals surface area contributed by atoms with Crippen molar-refractivity contribution < 1.29 is 13.2 Å². The predicted octanol–water partition coefficient (Wildman–Crippen LogP) is 2.80. The second kappa shape index (κ2) is 7.43. The van der Waals surface area contributed by atoms with Crippen LogP contribution in [0.1, 0.15) is 23.2 Å². The molecule has 136 valence electrons. The first-order valence-electron chi connectivity index (χ1n) is 7.93. The van der Waals surface area contributed by atoms with E-state index in [2.05, 4.69) is 14.7 Å². The summed E-state index contributed by atoms with van der Waals surface area (Å²) in [5.74, 6) is 0.203. The second-order valence-corrected chi connectivity index (χ2v) is 7.84. The van der Waals surface area contributed by atoms with E-state index in [-0.39, 0.29) is 16.0 Å². The van der Waals surface area contributed by atoms with Crippen LogP contribution < -0.4 is 5.32 Å². The molecule has 26 heavy (non-hydrogen) atoms. The smallest absolute Gasteiger partial charge is 0.283 e. The van der Waals surface area contributed by atoms with Crippen LogP contribution >= 0.6 is 11.6 Å². The van der Waals surface area contributed by atoms with E-state index in [0.717, 1.165) is 13.0 Å². The van der Waals surface area contributed by atoms with Crippen LogP contribution in [0.25, 0.3) is 0 Å². The Labute approximate surface area is 156 Å². The first-order valence-corrected chi connectivity index (χ1v) is 9.75. The van der Waals surface area contributed by atoms with E-state index in [4.69, 9.17) is 11.6 Å². The van der Waals surface area contributed by atoms with Crippen molar-refractivity contribution in [3.63, 3.8) is 0 Å². The fourth-order valence-electron chi connectivity index (χ4n) is 2.56. The van der Waals surface area contributed by atoms with E-state index >= 15 is 0 Å². The Bertz CT molecular complexity index is 958. The van der Waals surface area contributed by atoms with Gasteiger partial charge in [-0.25, -0.2) is 4.98 Å². The maximum Gasteiger partial charge on any atom is 0.283 e. The van der Waals surface area contributed by atoms with Gasteiger partial charge in [0, 0.05) is 37.5 Å². The molecule has 1 saturated heterocycles. The largest absolute Gasteiger partial charge is 0.362 e. The number of carbonyl (C=O) groups excluding carboxylic acids is 1. The predicted molar refractivity (Wildman–Crippen MR) is 100 cm³/mol. The summed E-state index contributed by atoms with van der Waals surface area (Å²) >= 11 is 5.77. The fraction of sp³-hybridized carbons (Fsp3) is 0.235. The minimum absolute atomic E-state index is 0.0789. The van der Waals surface area contributed by atoms with E-state index in [1.807, 2.05) is 11.9 Å². The minimum Gasteiger partial charge on any atom is -0.362 e. The summed E-state index contributed by atoms with van der Waals surface area (Å²) in [5, 5.41) is 2.90. The molecule has 3 rings (SSSR count). The van der Waals surface area contributed by atoms with Gasteiger partial charge >= 0.3 is 0 Å². The third-order valence-electron chi connectivity index (χ3n) is 3.96.